The Hall–Kier alpha value is -4.90. The summed E-state index contributed by atoms with van der Waals surface area (Å²) in [5.74, 6) is -2.24. The van der Waals surface area contributed by atoms with E-state index in [0.717, 1.165) is 22.0 Å². The average Bonchev–Trinajstić information content (AvgIpc) is 3.45. The number of allylic oxidation sites excluding steroid dienone is 1. The number of aromatic nitrogens is 1. The summed E-state index contributed by atoms with van der Waals surface area (Å²) in [6.07, 6.45) is 4.63. The van der Waals surface area contributed by atoms with E-state index in [9.17, 15) is 24.3 Å². The Morgan fingerprint density at radius 3 is 2.36 bits per heavy atom. The van der Waals surface area contributed by atoms with Crippen molar-refractivity contribution in [2.45, 2.75) is 57.3 Å². The van der Waals surface area contributed by atoms with Crippen molar-refractivity contribution < 1.29 is 33.8 Å². The molecule has 1 aromatic heterocycles. The molecule has 11 heteroatoms. The van der Waals surface area contributed by atoms with E-state index in [1.54, 1.807) is 13.0 Å². The molecule has 2 aromatic carbocycles. The third-order valence-corrected chi connectivity index (χ3v) is 7.04. The Labute approximate surface area is 263 Å². The molecule has 0 saturated carbocycles. The molecule has 0 aliphatic rings. The van der Waals surface area contributed by atoms with Crippen LogP contribution >= 0.6 is 0 Å². The van der Waals surface area contributed by atoms with Crippen LogP contribution in [0.2, 0.25) is 0 Å². The Morgan fingerprint density at radius 1 is 0.933 bits per heavy atom. The van der Waals surface area contributed by atoms with E-state index in [0.29, 0.717) is 6.42 Å². The van der Waals surface area contributed by atoms with Gasteiger partial charge in [-0.05, 0) is 43.4 Å². The lowest BCUT2D eigenvalue weighted by Gasteiger charge is -2.24. The Balaban J connectivity index is 1.70. The first kappa shape index (κ1) is 34.6. The topological polar surface area (TPSA) is 159 Å². The molecule has 3 rings (SSSR count). The van der Waals surface area contributed by atoms with E-state index in [1.807, 2.05) is 60.8 Å². The minimum Gasteiger partial charge on any atom is -0.462 e. The number of aromatic amines is 1. The van der Waals surface area contributed by atoms with E-state index in [2.05, 4.69) is 34.1 Å². The van der Waals surface area contributed by atoms with E-state index < -0.39 is 42.0 Å². The van der Waals surface area contributed by atoms with Crippen molar-refractivity contribution in [1.29, 1.82) is 0 Å². The van der Waals surface area contributed by atoms with Crippen molar-refractivity contribution in [3.8, 4) is 0 Å². The number of amides is 3. The lowest BCUT2D eigenvalue weighted by Crippen LogP contribution is -2.47. The van der Waals surface area contributed by atoms with Crippen molar-refractivity contribution in [3.63, 3.8) is 0 Å². The van der Waals surface area contributed by atoms with Crippen LogP contribution in [-0.2, 0) is 36.9 Å². The Kier molecular flexibility index (Phi) is 13.9. The summed E-state index contributed by atoms with van der Waals surface area (Å²) < 4.78 is 10.9. The quantitative estimate of drug-likeness (QED) is 0.107. The molecular formula is C34H42N4O7. The number of rotatable bonds is 18. The number of hydrogen-bond acceptors (Lipinski definition) is 7. The standard InChI is InChI=1S/C34H42N4O7/c1-4-11-25(18-31(40)36-23(3)20-39)32(41)37-27(17-26-19-35-29-16-10-9-15-28(26)29)22-44-33(42)30(12-5-2)38-34(43)45-21-24-13-7-6-8-14-24/h4-10,13-16,19,23,25,27,30,35,39H,1-2,11-12,17-18,20-22H2,3H3,(H,36,40)(H,37,41)(H,38,43)/t23-,25-,27+,30-/m1/s1. The van der Waals surface area contributed by atoms with Crippen LogP contribution in [0.25, 0.3) is 10.9 Å². The fourth-order valence-electron chi connectivity index (χ4n) is 4.70. The molecule has 1 heterocycles. The first-order chi connectivity index (χ1) is 21.7. The molecule has 0 radical (unpaired) electrons. The van der Waals surface area contributed by atoms with Gasteiger partial charge in [-0.25, -0.2) is 9.59 Å². The molecule has 0 saturated heterocycles. The summed E-state index contributed by atoms with van der Waals surface area (Å²) in [6, 6.07) is 14.6. The van der Waals surface area contributed by atoms with Gasteiger partial charge < -0.3 is 35.5 Å². The van der Waals surface area contributed by atoms with Crippen LogP contribution in [-0.4, -0.2) is 65.3 Å². The van der Waals surface area contributed by atoms with Crippen LogP contribution in [0.1, 0.15) is 37.3 Å². The van der Waals surface area contributed by atoms with Gasteiger partial charge in [-0.3, -0.25) is 9.59 Å². The molecule has 3 aromatic rings. The van der Waals surface area contributed by atoms with Crippen LogP contribution < -0.4 is 16.0 Å². The highest BCUT2D eigenvalue weighted by Gasteiger charge is 2.27. The summed E-state index contributed by atoms with van der Waals surface area (Å²) in [6.45, 7) is 8.64. The Morgan fingerprint density at radius 2 is 1.64 bits per heavy atom. The molecule has 45 heavy (non-hydrogen) atoms. The summed E-state index contributed by atoms with van der Waals surface area (Å²) in [7, 11) is 0. The predicted octanol–water partition coefficient (Wildman–Crippen LogP) is 3.69. The molecule has 0 spiro atoms. The number of aliphatic hydroxyl groups excluding tert-OH is 1. The lowest BCUT2D eigenvalue weighted by molar-refractivity contribution is -0.147. The van der Waals surface area contributed by atoms with Gasteiger partial charge in [-0.2, -0.15) is 0 Å². The zero-order valence-electron chi connectivity index (χ0n) is 25.5. The molecule has 0 fully saturated rings. The van der Waals surface area contributed by atoms with Crippen LogP contribution in [0, 0.1) is 5.92 Å². The van der Waals surface area contributed by atoms with E-state index in [1.165, 1.54) is 6.08 Å². The minimum atomic E-state index is -1.05. The number of aliphatic hydroxyl groups is 1. The number of carbonyl (C=O) groups is 4. The smallest absolute Gasteiger partial charge is 0.408 e. The molecule has 11 nitrogen and oxygen atoms in total. The van der Waals surface area contributed by atoms with Crippen molar-refractivity contribution >= 4 is 34.8 Å². The average molecular weight is 619 g/mol. The number of H-pyrrole nitrogens is 1. The third kappa shape index (κ3) is 11.3. The van der Waals surface area contributed by atoms with Crippen LogP contribution in [0.4, 0.5) is 4.79 Å². The highest BCUT2D eigenvalue weighted by molar-refractivity contribution is 5.87. The van der Waals surface area contributed by atoms with Gasteiger partial charge in [0.2, 0.25) is 11.8 Å². The maximum absolute atomic E-state index is 13.4. The fourth-order valence-corrected chi connectivity index (χ4v) is 4.70. The van der Waals surface area contributed by atoms with Crippen LogP contribution in [0.5, 0.6) is 0 Å². The van der Waals surface area contributed by atoms with Gasteiger partial charge in [0.05, 0.1) is 18.6 Å². The predicted molar refractivity (Wildman–Crippen MR) is 171 cm³/mol. The van der Waals surface area contributed by atoms with Gasteiger partial charge in [0, 0.05) is 29.6 Å². The summed E-state index contributed by atoms with van der Waals surface area (Å²) in [5.41, 5.74) is 2.60. The van der Waals surface area contributed by atoms with Gasteiger partial charge in [-0.15, -0.1) is 13.2 Å². The van der Waals surface area contributed by atoms with E-state index >= 15 is 0 Å². The SMILES string of the molecule is C=CC[C@H](CC(=O)N[C@H](C)CO)C(=O)N[C@H](COC(=O)[C@@H](CC=C)NC(=O)OCc1ccccc1)Cc1c[nH]c2ccccc12. The van der Waals surface area contributed by atoms with Gasteiger partial charge in [0.15, 0.2) is 0 Å². The highest BCUT2D eigenvalue weighted by atomic mass is 16.6. The molecule has 5 N–H and O–H groups in total. The second-order valence-corrected chi connectivity index (χ2v) is 10.8. The number of esters is 1. The normalized spacial score (nSPS) is 13.5. The number of fused-ring (bicyclic) bond motifs is 1. The van der Waals surface area contributed by atoms with Crippen LogP contribution in [0.15, 0.2) is 86.1 Å². The van der Waals surface area contributed by atoms with Gasteiger partial charge in [0.25, 0.3) is 0 Å². The minimum absolute atomic E-state index is 0.0318. The van der Waals surface area contributed by atoms with Crippen molar-refractivity contribution in [3.05, 3.63) is 97.2 Å². The second kappa shape index (κ2) is 18.0. The molecule has 0 aliphatic heterocycles. The zero-order chi connectivity index (χ0) is 32.6. The molecular weight excluding hydrogens is 576 g/mol. The van der Waals surface area contributed by atoms with Crippen molar-refractivity contribution in [1.82, 2.24) is 20.9 Å². The summed E-state index contributed by atoms with van der Waals surface area (Å²) in [4.78, 5) is 54.7. The number of ether oxygens (including phenoxy) is 2. The number of benzene rings is 2. The van der Waals surface area contributed by atoms with Gasteiger partial charge in [0.1, 0.15) is 19.3 Å². The molecule has 240 valence electrons. The molecule has 4 atom stereocenters. The van der Waals surface area contributed by atoms with E-state index in [4.69, 9.17) is 9.47 Å². The fraction of sp³-hybridized carbons (Fsp3) is 0.353. The van der Waals surface area contributed by atoms with Gasteiger partial charge >= 0.3 is 12.1 Å². The first-order valence-corrected chi connectivity index (χ1v) is 14.8. The first-order valence-electron chi connectivity index (χ1n) is 14.8. The number of alkyl carbamates (subject to hydrolysis) is 1. The van der Waals surface area contributed by atoms with Crippen molar-refractivity contribution in [2.24, 2.45) is 5.92 Å². The summed E-state index contributed by atoms with van der Waals surface area (Å²) in [5, 5.41) is 18.3. The number of carbonyl (C=O) groups excluding carboxylic acids is 4. The molecule has 0 bridgehead atoms. The number of para-hydroxylation sites is 1. The molecule has 0 unspecified atom stereocenters. The molecule has 3 amide bonds. The zero-order valence-corrected chi connectivity index (χ0v) is 25.5. The second-order valence-electron chi connectivity index (χ2n) is 10.8. The monoisotopic (exact) mass is 618 g/mol. The molecule has 0 aliphatic carbocycles. The van der Waals surface area contributed by atoms with E-state index in [-0.39, 0.29) is 45.0 Å². The van der Waals surface area contributed by atoms with Gasteiger partial charge in [-0.1, -0.05) is 60.7 Å². The largest absolute Gasteiger partial charge is 0.462 e. The lowest BCUT2D eigenvalue weighted by atomic mass is 9.98. The Bertz CT molecular complexity index is 1440. The maximum atomic E-state index is 13.4. The maximum Gasteiger partial charge on any atom is 0.408 e. The summed E-state index contributed by atoms with van der Waals surface area (Å²) >= 11 is 0. The van der Waals surface area contributed by atoms with Crippen molar-refractivity contribution in [2.75, 3.05) is 13.2 Å². The number of nitrogens with one attached hydrogen (secondary N) is 4. The van der Waals surface area contributed by atoms with Crippen LogP contribution in [0.3, 0.4) is 0 Å². The highest BCUT2D eigenvalue weighted by Crippen LogP contribution is 2.20. The third-order valence-electron chi connectivity index (χ3n) is 7.04. The number of hydrogen-bond donors (Lipinski definition) is 5.